The summed E-state index contributed by atoms with van der Waals surface area (Å²) in [5, 5.41) is -0.00973. The average molecular weight is 530 g/mol. The highest BCUT2D eigenvalue weighted by Gasteiger charge is 2.47. The van der Waals surface area contributed by atoms with E-state index in [2.05, 4.69) is 72.2 Å². The predicted octanol–water partition coefficient (Wildman–Crippen LogP) is 7.23. The molecule has 0 unspecified atom stereocenters. The van der Waals surface area contributed by atoms with E-state index in [1.54, 1.807) is 0 Å². The van der Waals surface area contributed by atoms with Crippen molar-refractivity contribution in [3.05, 3.63) is 59.8 Å². The monoisotopic (exact) mass is 529 g/mol. The van der Waals surface area contributed by atoms with Crippen LogP contribution < -0.4 is 0 Å². The fraction of sp³-hybridized carbons (Fsp3) is 0.586. The summed E-state index contributed by atoms with van der Waals surface area (Å²) in [6, 6.07) is 9.59. The summed E-state index contributed by atoms with van der Waals surface area (Å²) in [6.45, 7) is 22.4. The number of rotatable bonds is 11. The number of amides is 2. The van der Waals surface area contributed by atoms with Crippen molar-refractivity contribution < 1.29 is 18.8 Å². The van der Waals surface area contributed by atoms with Crippen LogP contribution in [-0.2, 0) is 20.4 Å². The summed E-state index contributed by atoms with van der Waals surface area (Å²) in [7, 11) is -3.84. The largest absolute Gasteiger partial charge is 0.447 e. The Morgan fingerprint density at radius 1 is 1.14 bits per heavy atom. The third-order valence-electron chi connectivity index (χ3n) is 7.76. The third kappa shape index (κ3) is 7.52. The second kappa shape index (κ2) is 12.1. The van der Waals surface area contributed by atoms with Crippen LogP contribution in [0.3, 0.4) is 0 Å². The molecule has 0 aromatic heterocycles. The molecule has 1 aliphatic heterocycles. The zero-order valence-electron chi connectivity index (χ0n) is 24.0. The lowest BCUT2D eigenvalue weighted by Crippen LogP contribution is -2.52. The van der Waals surface area contributed by atoms with Gasteiger partial charge in [-0.25, -0.2) is 9.69 Å². The maximum absolute atomic E-state index is 14.1. The average Bonchev–Trinajstić information content (AvgIpc) is 3.14. The van der Waals surface area contributed by atoms with E-state index in [-0.39, 0.29) is 23.6 Å². The van der Waals surface area contributed by atoms with Crippen LogP contribution in [0.25, 0.3) is 0 Å². The Morgan fingerprint density at radius 2 is 1.75 bits per heavy atom. The molecular formula is C29H47NO4Si2. The van der Waals surface area contributed by atoms with Gasteiger partial charge >= 0.3 is 6.09 Å². The first kappa shape index (κ1) is 30.3. The first-order valence-corrected chi connectivity index (χ1v) is 19.6. The van der Waals surface area contributed by atoms with Gasteiger partial charge in [0.2, 0.25) is 5.91 Å². The molecule has 7 heteroatoms. The van der Waals surface area contributed by atoms with Crippen LogP contribution in [0.2, 0.25) is 37.8 Å². The zero-order valence-corrected chi connectivity index (χ0v) is 26.0. The van der Waals surface area contributed by atoms with E-state index in [9.17, 15) is 9.59 Å². The van der Waals surface area contributed by atoms with E-state index in [1.165, 1.54) is 4.90 Å². The molecule has 0 saturated carbocycles. The minimum atomic E-state index is -2.28. The van der Waals surface area contributed by atoms with Gasteiger partial charge in [0, 0.05) is 0 Å². The van der Waals surface area contributed by atoms with Crippen molar-refractivity contribution in [3.63, 3.8) is 0 Å². The van der Waals surface area contributed by atoms with Crippen molar-refractivity contribution in [2.45, 2.75) is 91.0 Å². The van der Waals surface area contributed by atoms with Crippen LogP contribution in [0.15, 0.2) is 54.3 Å². The van der Waals surface area contributed by atoms with Crippen LogP contribution in [0.5, 0.6) is 0 Å². The molecule has 5 nitrogen and oxygen atoms in total. The van der Waals surface area contributed by atoms with Crippen LogP contribution in [0.4, 0.5) is 4.79 Å². The molecule has 2 amide bonds. The van der Waals surface area contributed by atoms with Crippen molar-refractivity contribution in [3.8, 4) is 0 Å². The Balaban J connectivity index is 2.46. The summed E-state index contributed by atoms with van der Waals surface area (Å²) in [5.74, 6) is -0.435. The standard InChI is InChI=1S/C29H47NO4Si2/c1-11-15-25(26(18-19-35(6,7)8)34-36(9,10)29(4,5)22(2)3)27(31)30-24(21-33-28(30)32)20-23-16-13-12-14-17-23/h11-19,22,24-26H,20-21H2,1-10H3/b15-11+,19-18+/t24-,25-,26+/m0/s1. The number of benzene rings is 1. The van der Waals surface area contributed by atoms with Gasteiger partial charge in [-0.2, -0.15) is 0 Å². The van der Waals surface area contributed by atoms with Crippen molar-refractivity contribution in [2.75, 3.05) is 6.61 Å². The smallest absolute Gasteiger partial charge is 0.417 e. The van der Waals surface area contributed by atoms with Crippen LogP contribution in [0.1, 0.15) is 40.2 Å². The SMILES string of the molecule is C/C=C/[C@H](C(=O)N1C(=O)OC[C@@H]1Cc1ccccc1)[C@@H](/C=C/[Si](C)(C)C)O[Si](C)(C)C(C)(C)C(C)C. The van der Waals surface area contributed by atoms with Gasteiger partial charge in [0.25, 0.3) is 0 Å². The maximum Gasteiger partial charge on any atom is 0.417 e. The predicted molar refractivity (Wildman–Crippen MR) is 154 cm³/mol. The number of hydrogen-bond donors (Lipinski definition) is 0. The van der Waals surface area contributed by atoms with Crippen molar-refractivity contribution in [1.29, 1.82) is 0 Å². The van der Waals surface area contributed by atoms with Gasteiger partial charge in [-0.1, -0.05) is 102 Å². The fourth-order valence-electron chi connectivity index (χ4n) is 4.27. The molecule has 1 fully saturated rings. The molecule has 0 N–H and O–H groups in total. The highest BCUT2D eigenvalue weighted by atomic mass is 28.4. The lowest BCUT2D eigenvalue weighted by Gasteiger charge is -2.45. The number of nitrogens with zero attached hydrogens (tertiary/aromatic N) is 1. The molecule has 1 aromatic rings. The maximum atomic E-state index is 14.1. The molecule has 1 aliphatic rings. The Labute approximate surface area is 221 Å². The van der Waals surface area contributed by atoms with Crippen molar-refractivity contribution in [1.82, 2.24) is 4.90 Å². The number of carbonyl (C=O) groups is 2. The van der Waals surface area contributed by atoms with E-state index < -0.39 is 34.5 Å². The Kier molecular flexibility index (Phi) is 10.1. The summed E-state index contributed by atoms with van der Waals surface area (Å²) in [5.41, 5.74) is 3.32. The van der Waals surface area contributed by atoms with Gasteiger partial charge in [0.15, 0.2) is 8.32 Å². The summed E-state index contributed by atoms with van der Waals surface area (Å²) >= 11 is 0. The first-order valence-electron chi connectivity index (χ1n) is 13.1. The molecule has 3 atom stereocenters. The number of ether oxygens (including phenoxy) is 1. The number of hydrogen-bond acceptors (Lipinski definition) is 4. The molecule has 0 aliphatic carbocycles. The molecule has 36 heavy (non-hydrogen) atoms. The summed E-state index contributed by atoms with van der Waals surface area (Å²) < 4.78 is 12.3. The van der Waals surface area contributed by atoms with Crippen molar-refractivity contribution >= 4 is 28.4 Å². The van der Waals surface area contributed by atoms with Gasteiger partial charge in [0.1, 0.15) is 6.61 Å². The molecule has 2 rings (SSSR count). The van der Waals surface area contributed by atoms with E-state index in [0.717, 1.165) is 5.56 Å². The van der Waals surface area contributed by atoms with E-state index >= 15 is 0 Å². The van der Waals surface area contributed by atoms with Crippen molar-refractivity contribution in [2.24, 2.45) is 11.8 Å². The normalized spacial score (nSPS) is 19.4. The van der Waals surface area contributed by atoms with Gasteiger partial charge in [-0.3, -0.25) is 4.79 Å². The van der Waals surface area contributed by atoms with Gasteiger partial charge in [-0.05, 0) is 43.0 Å². The van der Waals surface area contributed by atoms with Gasteiger partial charge < -0.3 is 9.16 Å². The molecule has 0 spiro atoms. The Hall–Kier alpha value is -1.97. The number of carbonyl (C=O) groups excluding carboxylic acids is 2. The topological polar surface area (TPSA) is 55.8 Å². The Bertz CT molecular complexity index is 948. The lowest BCUT2D eigenvalue weighted by atomic mass is 9.98. The third-order valence-corrected chi connectivity index (χ3v) is 13.5. The highest BCUT2D eigenvalue weighted by molar-refractivity contribution is 6.81. The Morgan fingerprint density at radius 3 is 2.28 bits per heavy atom. The van der Waals surface area contributed by atoms with Crippen LogP contribution in [-0.4, -0.2) is 52.0 Å². The number of allylic oxidation sites excluding steroid dienone is 1. The molecule has 200 valence electrons. The number of cyclic esters (lactones) is 1. The van der Waals surface area contributed by atoms with Crippen LogP contribution >= 0.6 is 0 Å². The van der Waals surface area contributed by atoms with Crippen LogP contribution in [0, 0.1) is 11.8 Å². The zero-order chi connectivity index (χ0) is 27.3. The molecule has 0 bridgehead atoms. The van der Waals surface area contributed by atoms with Gasteiger partial charge in [0.05, 0.1) is 26.1 Å². The fourth-order valence-corrected chi connectivity index (χ4v) is 7.64. The minimum Gasteiger partial charge on any atom is -0.447 e. The molecule has 1 saturated heterocycles. The first-order chi connectivity index (χ1) is 16.6. The second-order valence-corrected chi connectivity index (χ2v) is 22.0. The van der Waals surface area contributed by atoms with E-state index in [1.807, 2.05) is 49.4 Å². The quantitative estimate of drug-likeness (QED) is 0.224. The molecular weight excluding hydrogens is 482 g/mol. The number of imide groups is 1. The van der Waals surface area contributed by atoms with E-state index in [4.69, 9.17) is 9.16 Å². The summed E-state index contributed by atoms with van der Waals surface area (Å²) in [6.07, 6.45) is 5.41. The summed E-state index contributed by atoms with van der Waals surface area (Å²) in [4.78, 5) is 28.2. The second-order valence-electron chi connectivity index (χ2n) is 12.4. The highest BCUT2D eigenvalue weighted by Crippen LogP contribution is 2.45. The molecule has 1 heterocycles. The minimum absolute atomic E-state index is 0.00973. The lowest BCUT2D eigenvalue weighted by molar-refractivity contribution is -0.133. The molecule has 1 aromatic carbocycles. The van der Waals surface area contributed by atoms with E-state index in [0.29, 0.717) is 12.3 Å². The molecule has 0 radical (unpaired) electrons. The van der Waals surface area contributed by atoms with Gasteiger partial charge in [-0.15, -0.1) is 0 Å².